The predicted molar refractivity (Wildman–Crippen MR) is 142 cm³/mol. The molecule has 1 heterocycles. The molecule has 3 rings (SSSR count). The molecule has 1 aromatic heterocycles. The Kier molecular flexibility index (Phi) is 9.71. The molecule has 0 fully saturated rings. The van der Waals surface area contributed by atoms with E-state index in [1.165, 1.54) is 30.3 Å². The minimum atomic E-state index is -0.533. The van der Waals surface area contributed by atoms with Crippen LogP contribution < -0.4 is 14.8 Å². The van der Waals surface area contributed by atoms with Gasteiger partial charge in [0.1, 0.15) is 11.6 Å². The number of aryl methyl sites for hydroxylation is 1. The molecule has 3 aromatic rings. The highest BCUT2D eigenvalue weighted by Gasteiger charge is 2.16. The zero-order chi connectivity index (χ0) is 25.2. The molecule has 182 valence electrons. The minimum Gasteiger partial charge on any atom is -0.493 e. The second-order valence-corrected chi connectivity index (χ2v) is 9.52. The van der Waals surface area contributed by atoms with Crippen LogP contribution in [0.4, 0.5) is 5.13 Å². The smallest absolute Gasteiger partial charge is 0.268 e. The summed E-state index contributed by atoms with van der Waals surface area (Å²) in [4.78, 5) is 18.3. The number of anilines is 1. The molecule has 0 unspecified atom stereocenters. The average molecular weight is 510 g/mol. The molecule has 1 amide bonds. The number of halogens is 1. The normalized spacial score (nSPS) is 11.1. The quantitative estimate of drug-likeness (QED) is 0.167. The average Bonchev–Trinajstić information content (AvgIpc) is 3.22. The van der Waals surface area contributed by atoms with Crippen molar-refractivity contribution in [2.24, 2.45) is 0 Å². The largest absolute Gasteiger partial charge is 0.493 e. The van der Waals surface area contributed by atoms with E-state index in [-0.39, 0.29) is 5.57 Å². The van der Waals surface area contributed by atoms with E-state index in [2.05, 4.69) is 17.2 Å². The molecule has 0 spiro atoms. The number of hydrogen-bond donors (Lipinski definition) is 1. The zero-order valence-corrected chi connectivity index (χ0v) is 21.6. The van der Waals surface area contributed by atoms with E-state index in [0.717, 1.165) is 29.0 Å². The number of amides is 1. The van der Waals surface area contributed by atoms with Crippen LogP contribution in [0.3, 0.4) is 0 Å². The highest BCUT2D eigenvalue weighted by Crippen LogP contribution is 2.32. The summed E-state index contributed by atoms with van der Waals surface area (Å²) in [5, 5.41) is 13.4. The summed E-state index contributed by atoms with van der Waals surface area (Å²) in [6.45, 7) is 4.70. The maximum Gasteiger partial charge on any atom is 0.268 e. The minimum absolute atomic E-state index is 0.0440. The molecule has 0 atom stereocenters. The Morgan fingerprint density at radius 1 is 1.20 bits per heavy atom. The first-order valence-corrected chi connectivity index (χ1v) is 12.6. The van der Waals surface area contributed by atoms with Gasteiger partial charge in [0.15, 0.2) is 16.6 Å². The van der Waals surface area contributed by atoms with Gasteiger partial charge >= 0.3 is 0 Å². The topological polar surface area (TPSA) is 84.2 Å². The number of thiazole rings is 1. The number of aromatic nitrogens is 1. The van der Waals surface area contributed by atoms with Crippen molar-refractivity contribution < 1.29 is 14.3 Å². The Morgan fingerprint density at radius 3 is 2.74 bits per heavy atom. The van der Waals surface area contributed by atoms with Crippen LogP contribution in [-0.2, 0) is 4.79 Å². The van der Waals surface area contributed by atoms with E-state index in [1.54, 1.807) is 31.4 Å². The SMILES string of the molecule is CCCCCCOc1ccc(/C=C(\C#N)C(=O)Nc2nc(-c3cccc(Cl)c3)c(C)s2)cc1OC. The maximum absolute atomic E-state index is 12.8. The second kappa shape index (κ2) is 12.9. The number of nitrogens with zero attached hydrogens (tertiary/aromatic N) is 2. The van der Waals surface area contributed by atoms with Crippen LogP contribution in [0.2, 0.25) is 5.02 Å². The summed E-state index contributed by atoms with van der Waals surface area (Å²) in [5.41, 5.74) is 2.21. The van der Waals surface area contributed by atoms with Gasteiger partial charge in [-0.3, -0.25) is 10.1 Å². The third-order valence-corrected chi connectivity index (χ3v) is 6.36. The van der Waals surface area contributed by atoms with Crippen molar-refractivity contribution in [2.75, 3.05) is 19.0 Å². The number of carbonyl (C=O) groups excluding carboxylic acids is 1. The summed E-state index contributed by atoms with van der Waals surface area (Å²) < 4.78 is 11.3. The van der Waals surface area contributed by atoms with Gasteiger partial charge in [0, 0.05) is 15.5 Å². The fraction of sp³-hybridized carbons (Fsp3) is 0.296. The number of rotatable bonds is 11. The lowest BCUT2D eigenvalue weighted by molar-refractivity contribution is -0.112. The van der Waals surface area contributed by atoms with Gasteiger partial charge in [-0.2, -0.15) is 5.26 Å². The highest BCUT2D eigenvalue weighted by atomic mass is 35.5. The molecule has 35 heavy (non-hydrogen) atoms. The summed E-state index contributed by atoms with van der Waals surface area (Å²) in [6.07, 6.45) is 5.98. The van der Waals surface area contributed by atoms with Gasteiger partial charge in [0.25, 0.3) is 5.91 Å². The van der Waals surface area contributed by atoms with Gasteiger partial charge in [-0.1, -0.05) is 56.0 Å². The van der Waals surface area contributed by atoms with Crippen molar-refractivity contribution in [3.63, 3.8) is 0 Å². The van der Waals surface area contributed by atoms with E-state index in [9.17, 15) is 10.1 Å². The molecule has 0 saturated heterocycles. The zero-order valence-electron chi connectivity index (χ0n) is 20.1. The van der Waals surface area contributed by atoms with E-state index in [4.69, 9.17) is 21.1 Å². The Morgan fingerprint density at radius 2 is 2.03 bits per heavy atom. The number of unbranched alkanes of at least 4 members (excludes halogenated alkanes) is 3. The van der Waals surface area contributed by atoms with Gasteiger partial charge in [0.2, 0.25) is 0 Å². The van der Waals surface area contributed by atoms with Gasteiger partial charge in [-0.05, 0) is 49.2 Å². The number of ether oxygens (including phenoxy) is 2. The van der Waals surface area contributed by atoms with Crippen molar-refractivity contribution in [1.29, 1.82) is 5.26 Å². The Hall–Kier alpha value is -3.34. The predicted octanol–water partition coefficient (Wildman–Crippen LogP) is 7.29. The maximum atomic E-state index is 12.8. The molecular formula is C27H28ClN3O3S. The Labute approximate surface area is 215 Å². The fourth-order valence-electron chi connectivity index (χ4n) is 3.44. The van der Waals surface area contributed by atoms with Crippen LogP contribution >= 0.6 is 22.9 Å². The van der Waals surface area contributed by atoms with E-state index < -0.39 is 5.91 Å². The van der Waals surface area contributed by atoms with E-state index in [0.29, 0.717) is 33.8 Å². The van der Waals surface area contributed by atoms with Crippen molar-refractivity contribution in [3.8, 4) is 28.8 Å². The molecule has 0 aliphatic rings. The van der Waals surface area contributed by atoms with Crippen LogP contribution in [0.5, 0.6) is 11.5 Å². The molecule has 0 radical (unpaired) electrons. The molecule has 1 N–H and O–H groups in total. The van der Waals surface area contributed by atoms with Crippen LogP contribution in [0.1, 0.15) is 43.0 Å². The Balaban J connectivity index is 1.72. The van der Waals surface area contributed by atoms with Gasteiger partial charge in [0.05, 0.1) is 19.4 Å². The van der Waals surface area contributed by atoms with Crippen molar-refractivity contribution in [3.05, 3.63) is 63.5 Å². The van der Waals surface area contributed by atoms with Crippen molar-refractivity contribution in [1.82, 2.24) is 4.98 Å². The number of hydrogen-bond acceptors (Lipinski definition) is 6. The first kappa shape index (κ1) is 26.3. The fourth-order valence-corrected chi connectivity index (χ4v) is 4.46. The molecular weight excluding hydrogens is 482 g/mol. The number of nitriles is 1. The van der Waals surface area contributed by atoms with Gasteiger partial charge in [-0.25, -0.2) is 4.98 Å². The number of nitrogens with one attached hydrogen (secondary N) is 1. The van der Waals surface area contributed by atoms with Crippen molar-refractivity contribution in [2.45, 2.75) is 39.5 Å². The molecule has 0 saturated carbocycles. The standard InChI is InChI=1S/C27H28ClN3O3S/c1-4-5-6-7-13-34-23-12-11-19(15-24(23)33-3)14-21(17-29)26(32)31-27-30-25(18(2)35-27)20-9-8-10-22(28)16-20/h8-12,14-16H,4-7,13H2,1-3H3,(H,30,31,32)/b21-14+. The van der Waals surface area contributed by atoms with Crippen LogP contribution in [0.15, 0.2) is 48.0 Å². The van der Waals surface area contributed by atoms with Crippen molar-refractivity contribution >= 4 is 40.1 Å². The summed E-state index contributed by atoms with van der Waals surface area (Å²) in [7, 11) is 1.56. The molecule has 0 aliphatic heterocycles. The number of carbonyl (C=O) groups is 1. The molecule has 8 heteroatoms. The van der Waals surface area contributed by atoms with E-state index >= 15 is 0 Å². The van der Waals surface area contributed by atoms with Crippen LogP contribution in [0.25, 0.3) is 17.3 Å². The molecule has 0 aliphatic carbocycles. The first-order chi connectivity index (χ1) is 16.9. The van der Waals surface area contributed by atoms with Crippen LogP contribution in [-0.4, -0.2) is 24.6 Å². The highest BCUT2D eigenvalue weighted by molar-refractivity contribution is 7.16. The van der Waals surface area contributed by atoms with Gasteiger partial charge in [-0.15, -0.1) is 11.3 Å². The molecule has 0 bridgehead atoms. The number of methoxy groups -OCH3 is 1. The third kappa shape index (κ3) is 7.32. The van der Waals surface area contributed by atoms with Gasteiger partial charge < -0.3 is 9.47 Å². The lowest BCUT2D eigenvalue weighted by atomic mass is 10.1. The number of benzene rings is 2. The lowest BCUT2D eigenvalue weighted by Crippen LogP contribution is -2.13. The molecule has 6 nitrogen and oxygen atoms in total. The monoisotopic (exact) mass is 509 g/mol. The summed E-state index contributed by atoms with van der Waals surface area (Å²) in [6, 6.07) is 14.7. The first-order valence-electron chi connectivity index (χ1n) is 11.4. The Bertz CT molecular complexity index is 1250. The molecule has 2 aromatic carbocycles. The lowest BCUT2D eigenvalue weighted by Gasteiger charge is -2.11. The third-order valence-electron chi connectivity index (χ3n) is 5.23. The van der Waals surface area contributed by atoms with E-state index in [1.807, 2.05) is 31.2 Å². The summed E-state index contributed by atoms with van der Waals surface area (Å²) >= 11 is 7.43. The summed E-state index contributed by atoms with van der Waals surface area (Å²) in [5.74, 6) is 0.652. The second-order valence-electron chi connectivity index (χ2n) is 7.88. The van der Waals surface area contributed by atoms with Crippen LogP contribution in [0, 0.1) is 18.3 Å².